The van der Waals surface area contributed by atoms with E-state index in [0.717, 1.165) is 38.9 Å². The lowest BCUT2D eigenvalue weighted by Crippen LogP contribution is -2.49. The van der Waals surface area contributed by atoms with Gasteiger partial charge in [0, 0.05) is 32.0 Å². The van der Waals surface area contributed by atoms with Crippen LogP contribution >= 0.6 is 0 Å². The molecule has 0 bridgehead atoms. The lowest BCUT2D eigenvalue weighted by molar-refractivity contribution is -0.135. The van der Waals surface area contributed by atoms with Crippen LogP contribution in [0, 0.1) is 0 Å². The number of aromatic nitrogens is 2. The second-order valence-electron chi connectivity index (χ2n) is 4.43. The Morgan fingerprint density at radius 1 is 1.53 bits per heavy atom. The average molecular weight is 236 g/mol. The van der Waals surface area contributed by atoms with Gasteiger partial charge in [0.2, 0.25) is 5.91 Å². The van der Waals surface area contributed by atoms with Crippen molar-refractivity contribution >= 4 is 5.91 Å². The molecule has 5 nitrogen and oxygen atoms in total. The van der Waals surface area contributed by atoms with E-state index in [1.54, 1.807) is 6.20 Å². The second-order valence-corrected chi connectivity index (χ2v) is 4.43. The molecule has 0 radical (unpaired) electrons. The van der Waals surface area contributed by atoms with E-state index in [1.807, 2.05) is 28.9 Å². The van der Waals surface area contributed by atoms with Crippen LogP contribution in [-0.4, -0.2) is 46.8 Å². The number of nitrogens with one attached hydrogen (secondary N) is 1. The molecule has 5 heteroatoms. The summed E-state index contributed by atoms with van der Waals surface area (Å²) < 4.78 is 1.91. The monoisotopic (exact) mass is 236 g/mol. The first-order valence-electron chi connectivity index (χ1n) is 6.25. The molecule has 1 aromatic heterocycles. The van der Waals surface area contributed by atoms with Crippen molar-refractivity contribution in [2.45, 2.75) is 31.8 Å². The molecule has 1 unspecified atom stereocenters. The van der Waals surface area contributed by atoms with Gasteiger partial charge in [0.25, 0.3) is 0 Å². The third kappa shape index (κ3) is 3.06. The van der Waals surface area contributed by atoms with Crippen LogP contribution in [0.25, 0.3) is 0 Å². The second kappa shape index (κ2) is 5.82. The maximum Gasteiger partial charge on any atom is 0.239 e. The van der Waals surface area contributed by atoms with Crippen LogP contribution in [0.1, 0.15) is 19.3 Å². The van der Waals surface area contributed by atoms with Gasteiger partial charge in [-0.3, -0.25) is 9.48 Å². The maximum absolute atomic E-state index is 12.0. The molecule has 0 aromatic carbocycles. The van der Waals surface area contributed by atoms with Crippen LogP contribution in [-0.2, 0) is 11.3 Å². The maximum atomic E-state index is 12.0. The van der Waals surface area contributed by atoms with Gasteiger partial charge in [-0.25, -0.2) is 0 Å². The Kier molecular flexibility index (Phi) is 4.14. The highest BCUT2D eigenvalue weighted by Crippen LogP contribution is 2.11. The molecule has 1 amide bonds. The molecule has 1 saturated heterocycles. The number of carbonyl (C=O) groups is 1. The van der Waals surface area contributed by atoms with Crippen LogP contribution in [0.3, 0.4) is 0 Å². The first kappa shape index (κ1) is 12.1. The largest absolute Gasteiger partial charge is 0.341 e. The Hall–Kier alpha value is -1.36. The summed E-state index contributed by atoms with van der Waals surface area (Å²) in [5.41, 5.74) is 0. The highest BCUT2D eigenvalue weighted by molar-refractivity contribution is 5.82. The summed E-state index contributed by atoms with van der Waals surface area (Å²) in [4.78, 5) is 14.0. The quantitative estimate of drug-likeness (QED) is 0.809. The van der Waals surface area contributed by atoms with Crippen molar-refractivity contribution < 1.29 is 4.79 Å². The number of aryl methyl sites for hydroxylation is 1. The third-order valence-electron chi connectivity index (χ3n) is 3.25. The molecule has 1 N–H and O–H groups in total. The lowest BCUT2D eigenvalue weighted by Gasteiger charge is -2.32. The number of carbonyl (C=O) groups excluding carboxylic acids is 1. The molecule has 2 rings (SSSR count). The van der Waals surface area contributed by atoms with Crippen molar-refractivity contribution in [2.75, 3.05) is 20.1 Å². The minimum absolute atomic E-state index is 0.0217. The number of rotatable bonds is 5. The van der Waals surface area contributed by atoms with Crippen LogP contribution in [0.4, 0.5) is 0 Å². The summed E-state index contributed by atoms with van der Waals surface area (Å²) >= 11 is 0. The van der Waals surface area contributed by atoms with Gasteiger partial charge in [-0.2, -0.15) is 5.10 Å². The Bertz CT molecular complexity index is 349. The highest BCUT2D eigenvalue weighted by atomic mass is 16.2. The first-order chi connectivity index (χ1) is 8.31. The number of likely N-dealkylation sites (N-methyl/N-ethyl adjacent to an activating group) is 1. The van der Waals surface area contributed by atoms with Gasteiger partial charge in [0.15, 0.2) is 0 Å². The molecule has 1 fully saturated rings. The summed E-state index contributed by atoms with van der Waals surface area (Å²) in [7, 11) is 1.86. The van der Waals surface area contributed by atoms with Crippen LogP contribution in [0.2, 0.25) is 0 Å². The van der Waals surface area contributed by atoms with E-state index < -0.39 is 0 Å². The number of hydrogen-bond donors (Lipinski definition) is 1. The fourth-order valence-corrected chi connectivity index (χ4v) is 2.29. The van der Waals surface area contributed by atoms with E-state index in [4.69, 9.17) is 0 Å². The van der Waals surface area contributed by atoms with Gasteiger partial charge in [-0.15, -0.1) is 0 Å². The predicted molar refractivity (Wildman–Crippen MR) is 65.5 cm³/mol. The molecule has 1 aliphatic rings. The van der Waals surface area contributed by atoms with E-state index in [2.05, 4.69) is 10.4 Å². The smallest absolute Gasteiger partial charge is 0.239 e. The number of likely N-dealkylation sites (tertiary alicyclic amines) is 1. The standard InChI is InChI=1S/C12H20N4O/c1-13-11-5-2-7-15(12(11)17)8-4-10-16-9-3-6-14-16/h3,6,9,11,13H,2,4-5,7-8,10H2,1H3. The summed E-state index contributed by atoms with van der Waals surface area (Å²) in [5.74, 6) is 0.249. The number of nitrogens with zero attached hydrogens (tertiary/aromatic N) is 3. The van der Waals surface area contributed by atoms with Crippen LogP contribution in [0.5, 0.6) is 0 Å². The van der Waals surface area contributed by atoms with Crippen molar-refractivity contribution in [3.8, 4) is 0 Å². The summed E-state index contributed by atoms with van der Waals surface area (Å²) in [5, 5.41) is 7.23. The Labute approximate surface area is 102 Å². The van der Waals surface area contributed by atoms with Gasteiger partial charge in [-0.05, 0) is 32.4 Å². The van der Waals surface area contributed by atoms with E-state index in [9.17, 15) is 4.79 Å². The zero-order valence-electron chi connectivity index (χ0n) is 10.3. The first-order valence-corrected chi connectivity index (χ1v) is 6.25. The van der Waals surface area contributed by atoms with E-state index >= 15 is 0 Å². The van der Waals surface area contributed by atoms with Crippen LogP contribution < -0.4 is 5.32 Å². The molecule has 1 aliphatic heterocycles. The number of hydrogen-bond acceptors (Lipinski definition) is 3. The summed E-state index contributed by atoms with van der Waals surface area (Å²) in [6.07, 6.45) is 6.76. The molecule has 94 valence electrons. The van der Waals surface area contributed by atoms with E-state index in [-0.39, 0.29) is 11.9 Å². The Balaban J connectivity index is 1.76. The molecule has 0 aliphatic carbocycles. The topological polar surface area (TPSA) is 50.2 Å². The van der Waals surface area contributed by atoms with Gasteiger partial charge in [-0.1, -0.05) is 0 Å². The SMILES string of the molecule is CNC1CCCN(CCCn2cccn2)C1=O. The van der Waals surface area contributed by atoms with Crippen molar-refractivity contribution in [1.82, 2.24) is 20.0 Å². The minimum Gasteiger partial charge on any atom is -0.341 e. The molecule has 0 saturated carbocycles. The fraction of sp³-hybridized carbons (Fsp3) is 0.667. The molecular weight excluding hydrogens is 216 g/mol. The van der Waals surface area contributed by atoms with E-state index in [0.29, 0.717) is 0 Å². The van der Waals surface area contributed by atoms with Crippen molar-refractivity contribution in [3.63, 3.8) is 0 Å². The average Bonchev–Trinajstić information content (AvgIpc) is 2.84. The predicted octanol–water partition coefficient (Wildman–Crippen LogP) is 0.484. The molecule has 1 aromatic rings. The molecular formula is C12H20N4O. The van der Waals surface area contributed by atoms with Crippen molar-refractivity contribution in [1.29, 1.82) is 0 Å². The summed E-state index contributed by atoms with van der Waals surface area (Å²) in [6.45, 7) is 2.61. The van der Waals surface area contributed by atoms with Crippen molar-refractivity contribution in [3.05, 3.63) is 18.5 Å². The normalized spacial score (nSPS) is 20.9. The highest BCUT2D eigenvalue weighted by Gasteiger charge is 2.26. The number of amides is 1. The molecule has 17 heavy (non-hydrogen) atoms. The van der Waals surface area contributed by atoms with Crippen molar-refractivity contribution in [2.24, 2.45) is 0 Å². The third-order valence-corrected chi connectivity index (χ3v) is 3.25. The zero-order chi connectivity index (χ0) is 12.1. The van der Waals surface area contributed by atoms with Gasteiger partial charge in [0.1, 0.15) is 0 Å². The molecule has 1 atom stereocenters. The van der Waals surface area contributed by atoms with Crippen LogP contribution in [0.15, 0.2) is 18.5 Å². The lowest BCUT2D eigenvalue weighted by atomic mass is 10.0. The summed E-state index contributed by atoms with van der Waals surface area (Å²) in [6, 6.07) is 1.94. The number of piperidine rings is 1. The van der Waals surface area contributed by atoms with Gasteiger partial charge < -0.3 is 10.2 Å². The molecule has 0 spiro atoms. The van der Waals surface area contributed by atoms with E-state index in [1.165, 1.54) is 0 Å². The Morgan fingerprint density at radius 2 is 2.41 bits per heavy atom. The zero-order valence-corrected chi connectivity index (χ0v) is 10.3. The Morgan fingerprint density at radius 3 is 3.12 bits per heavy atom. The fourth-order valence-electron chi connectivity index (χ4n) is 2.29. The van der Waals surface area contributed by atoms with Gasteiger partial charge >= 0.3 is 0 Å². The molecule has 2 heterocycles. The van der Waals surface area contributed by atoms with Gasteiger partial charge in [0.05, 0.1) is 6.04 Å². The minimum atomic E-state index is 0.0217.